The summed E-state index contributed by atoms with van der Waals surface area (Å²) in [6.45, 7) is 3.51. The molecule has 23 heavy (non-hydrogen) atoms. The quantitative estimate of drug-likeness (QED) is 0.849. The van der Waals surface area contributed by atoms with E-state index in [0.717, 1.165) is 24.1 Å². The lowest BCUT2D eigenvalue weighted by atomic mass is 10.0. The number of anilines is 1. The fourth-order valence-electron chi connectivity index (χ4n) is 3.39. The number of ether oxygens (including phenoxy) is 1. The number of rotatable bonds is 3. The molecule has 2 heterocycles. The minimum Gasteiger partial charge on any atom is -0.375 e. The van der Waals surface area contributed by atoms with Crippen LogP contribution in [0.5, 0.6) is 0 Å². The Morgan fingerprint density at radius 1 is 1.35 bits per heavy atom. The van der Waals surface area contributed by atoms with Crippen molar-refractivity contribution in [2.75, 3.05) is 37.5 Å². The zero-order chi connectivity index (χ0) is 16.4. The maximum Gasteiger partial charge on any atom is 0.248 e. The van der Waals surface area contributed by atoms with Gasteiger partial charge in [0, 0.05) is 25.9 Å². The fraction of sp³-hybridized carbons (Fsp3) is 0.529. The molecule has 0 aliphatic carbocycles. The molecule has 1 aromatic rings. The van der Waals surface area contributed by atoms with Crippen molar-refractivity contribution in [2.45, 2.75) is 24.6 Å². The Morgan fingerprint density at radius 3 is 2.74 bits per heavy atom. The Balaban J connectivity index is 1.79. The van der Waals surface area contributed by atoms with E-state index in [2.05, 4.69) is 6.07 Å². The van der Waals surface area contributed by atoms with Crippen LogP contribution in [0.4, 0.5) is 5.69 Å². The Labute approximate surface area is 141 Å². The molecular weight excluding hydrogens is 312 g/mol. The topological polar surface area (TPSA) is 49.9 Å². The van der Waals surface area contributed by atoms with E-state index in [1.807, 2.05) is 34.9 Å². The number of thioether (sulfide) groups is 1. The zero-order valence-electron chi connectivity index (χ0n) is 13.6. The molecule has 2 amide bonds. The van der Waals surface area contributed by atoms with Crippen LogP contribution in [0.15, 0.2) is 24.3 Å². The molecule has 5 nitrogen and oxygen atoms in total. The predicted octanol–water partition coefficient (Wildman–Crippen LogP) is 2.04. The van der Waals surface area contributed by atoms with Crippen LogP contribution >= 0.6 is 11.8 Å². The fourth-order valence-corrected chi connectivity index (χ4v) is 4.72. The Morgan fingerprint density at radius 2 is 2.09 bits per heavy atom. The van der Waals surface area contributed by atoms with Crippen molar-refractivity contribution in [3.8, 4) is 0 Å². The van der Waals surface area contributed by atoms with Crippen LogP contribution in [0.25, 0.3) is 0 Å². The van der Waals surface area contributed by atoms with Gasteiger partial charge >= 0.3 is 0 Å². The van der Waals surface area contributed by atoms with E-state index in [4.69, 9.17) is 4.74 Å². The molecule has 3 rings (SSSR count). The molecule has 0 saturated carbocycles. The van der Waals surface area contributed by atoms with Crippen LogP contribution in [0.2, 0.25) is 0 Å². The van der Waals surface area contributed by atoms with E-state index in [1.54, 1.807) is 11.8 Å². The first kappa shape index (κ1) is 16.3. The Hall–Kier alpha value is -1.53. The first-order valence-corrected chi connectivity index (χ1v) is 8.85. The highest BCUT2D eigenvalue weighted by atomic mass is 32.2. The van der Waals surface area contributed by atoms with Crippen molar-refractivity contribution in [1.82, 2.24) is 4.90 Å². The summed E-state index contributed by atoms with van der Waals surface area (Å²) in [7, 11) is 1.54. The standard InChI is InChI=1S/C17H22N2O3S/c1-13-4-3-5-14(10-13)19-16(21)12-23-17(19)6-8-18(9-7-17)15(20)11-22-2/h3-5,10H,6-9,11-12H2,1-2H3. The molecular formula is C17H22N2O3S. The molecule has 124 valence electrons. The SMILES string of the molecule is COCC(=O)N1CCC2(CC1)SCC(=O)N2c1cccc(C)c1. The van der Waals surface area contributed by atoms with Gasteiger partial charge in [0.1, 0.15) is 6.61 Å². The third kappa shape index (κ3) is 3.10. The lowest BCUT2D eigenvalue weighted by molar-refractivity contribution is -0.136. The van der Waals surface area contributed by atoms with Gasteiger partial charge in [-0.3, -0.25) is 14.5 Å². The van der Waals surface area contributed by atoms with E-state index < -0.39 is 0 Å². The molecule has 2 aliphatic heterocycles. The van der Waals surface area contributed by atoms with Crippen LogP contribution in [0.3, 0.4) is 0 Å². The predicted molar refractivity (Wildman–Crippen MR) is 91.5 cm³/mol. The summed E-state index contributed by atoms with van der Waals surface area (Å²) < 4.78 is 4.93. The van der Waals surface area contributed by atoms with Crippen LogP contribution in [0.1, 0.15) is 18.4 Å². The molecule has 2 saturated heterocycles. The smallest absolute Gasteiger partial charge is 0.248 e. The number of carbonyl (C=O) groups excluding carboxylic acids is 2. The van der Waals surface area contributed by atoms with Crippen molar-refractivity contribution in [1.29, 1.82) is 0 Å². The van der Waals surface area contributed by atoms with Gasteiger partial charge < -0.3 is 9.64 Å². The number of benzene rings is 1. The number of likely N-dealkylation sites (tertiary alicyclic amines) is 1. The molecule has 0 unspecified atom stereocenters. The number of carbonyl (C=O) groups is 2. The van der Waals surface area contributed by atoms with Gasteiger partial charge in [-0.15, -0.1) is 11.8 Å². The second-order valence-electron chi connectivity index (χ2n) is 6.12. The Bertz CT molecular complexity index is 612. The summed E-state index contributed by atoms with van der Waals surface area (Å²) in [6.07, 6.45) is 1.60. The van der Waals surface area contributed by atoms with Crippen molar-refractivity contribution in [2.24, 2.45) is 0 Å². The molecule has 0 aromatic heterocycles. The molecule has 1 aromatic carbocycles. The molecule has 6 heteroatoms. The van der Waals surface area contributed by atoms with Gasteiger partial charge in [-0.05, 0) is 37.5 Å². The molecule has 0 radical (unpaired) electrons. The largest absolute Gasteiger partial charge is 0.375 e. The molecule has 0 bridgehead atoms. The van der Waals surface area contributed by atoms with Crippen LogP contribution in [-0.4, -0.2) is 54.1 Å². The first-order chi connectivity index (χ1) is 11.1. The van der Waals surface area contributed by atoms with Gasteiger partial charge in [0.15, 0.2) is 0 Å². The maximum atomic E-state index is 12.5. The average Bonchev–Trinajstić information content (AvgIpc) is 2.84. The molecule has 0 atom stereocenters. The lowest BCUT2D eigenvalue weighted by Gasteiger charge is -2.44. The monoisotopic (exact) mass is 334 g/mol. The van der Waals surface area contributed by atoms with Crippen LogP contribution in [0, 0.1) is 6.92 Å². The maximum absolute atomic E-state index is 12.5. The van der Waals surface area contributed by atoms with Gasteiger partial charge in [-0.25, -0.2) is 0 Å². The zero-order valence-corrected chi connectivity index (χ0v) is 14.4. The van der Waals surface area contributed by atoms with E-state index in [1.165, 1.54) is 7.11 Å². The van der Waals surface area contributed by atoms with E-state index in [-0.39, 0.29) is 23.3 Å². The van der Waals surface area contributed by atoms with E-state index in [9.17, 15) is 9.59 Å². The number of methoxy groups -OCH3 is 1. The summed E-state index contributed by atoms with van der Waals surface area (Å²) in [5.74, 6) is 0.705. The number of hydrogen-bond donors (Lipinski definition) is 0. The highest BCUT2D eigenvalue weighted by Gasteiger charge is 2.49. The van der Waals surface area contributed by atoms with Gasteiger partial charge in [-0.1, -0.05) is 12.1 Å². The molecule has 0 N–H and O–H groups in total. The summed E-state index contributed by atoms with van der Waals surface area (Å²) >= 11 is 1.72. The van der Waals surface area contributed by atoms with Crippen molar-refractivity contribution in [3.05, 3.63) is 29.8 Å². The normalized spacial score (nSPS) is 20.3. The minimum absolute atomic E-state index is 0.0266. The average molecular weight is 334 g/mol. The van der Waals surface area contributed by atoms with Gasteiger partial charge in [0.2, 0.25) is 11.8 Å². The molecule has 1 spiro atoms. The van der Waals surface area contributed by atoms with E-state index >= 15 is 0 Å². The highest BCUT2D eigenvalue weighted by molar-refractivity contribution is 8.02. The number of hydrogen-bond acceptors (Lipinski definition) is 4. The number of aryl methyl sites for hydroxylation is 1. The summed E-state index contributed by atoms with van der Waals surface area (Å²) in [4.78, 5) is 28.0. The summed E-state index contributed by atoms with van der Waals surface area (Å²) in [5, 5.41) is 0. The molecule has 2 aliphatic rings. The minimum atomic E-state index is -0.214. The number of amides is 2. The van der Waals surface area contributed by atoms with E-state index in [0.29, 0.717) is 18.8 Å². The number of nitrogens with zero attached hydrogens (tertiary/aromatic N) is 2. The summed E-state index contributed by atoms with van der Waals surface area (Å²) in [6, 6.07) is 8.09. The van der Waals surface area contributed by atoms with Gasteiger partial charge in [0.25, 0.3) is 0 Å². The second-order valence-corrected chi connectivity index (χ2v) is 7.45. The third-order valence-electron chi connectivity index (χ3n) is 4.55. The van der Waals surface area contributed by atoms with Crippen LogP contribution in [-0.2, 0) is 14.3 Å². The highest BCUT2D eigenvalue weighted by Crippen LogP contribution is 2.46. The number of piperidine rings is 1. The van der Waals surface area contributed by atoms with Gasteiger partial charge in [-0.2, -0.15) is 0 Å². The van der Waals surface area contributed by atoms with Crippen molar-refractivity contribution in [3.63, 3.8) is 0 Å². The Kier molecular flexibility index (Phi) is 4.64. The second kappa shape index (κ2) is 6.53. The first-order valence-electron chi connectivity index (χ1n) is 7.86. The van der Waals surface area contributed by atoms with Crippen molar-refractivity contribution < 1.29 is 14.3 Å². The van der Waals surface area contributed by atoms with Gasteiger partial charge in [0.05, 0.1) is 10.6 Å². The summed E-state index contributed by atoms with van der Waals surface area (Å²) in [5.41, 5.74) is 2.12. The lowest BCUT2D eigenvalue weighted by Crippen LogP contribution is -2.53. The molecule has 2 fully saturated rings. The third-order valence-corrected chi connectivity index (χ3v) is 6.07. The van der Waals surface area contributed by atoms with Crippen molar-refractivity contribution >= 4 is 29.3 Å². The van der Waals surface area contributed by atoms with Crippen LogP contribution < -0.4 is 4.90 Å².